The number of rotatable bonds is 8. The van der Waals surface area contributed by atoms with Crippen LogP contribution in [0.5, 0.6) is 11.5 Å². The Kier molecular flexibility index (Phi) is 9.61. The van der Waals surface area contributed by atoms with Crippen molar-refractivity contribution >= 4 is 66.4 Å². The van der Waals surface area contributed by atoms with Gasteiger partial charge >= 0.3 is 0 Å². The van der Waals surface area contributed by atoms with E-state index in [0.29, 0.717) is 6.67 Å². The second-order valence-corrected chi connectivity index (χ2v) is 20.6. The van der Waals surface area contributed by atoms with E-state index in [-0.39, 0.29) is 16.2 Å². The Morgan fingerprint density at radius 2 is 0.957 bits per heavy atom. The molecule has 1 saturated carbocycles. The van der Waals surface area contributed by atoms with Crippen LogP contribution in [0.2, 0.25) is 0 Å². The smallest absolute Gasteiger partial charge is 0.137 e. The van der Waals surface area contributed by atoms with Gasteiger partial charge in [0.15, 0.2) is 0 Å². The molecule has 1 aliphatic heterocycles. The first-order valence-corrected chi connectivity index (χ1v) is 24.8. The van der Waals surface area contributed by atoms with Gasteiger partial charge in [-0.1, -0.05) is 137 Å². The molecule has 1 aliphatic carbocycles. The molecule has 0 atom stereocenters. The number of anilines is 4. The molecule has 0 spiro atoms. The zero-order valence-corrected chi connectivity index (χ0v) is 40.2. The highest BCUT2D eigenvalue weighted by Gasteiger charge is 2.58. The fraction of sp³-hybridized carbons (Fsp3) is 0.172. The monoisotopic (exact) mass is 909 g/mol. The van der Waals surface area contributed by atoms with Crippen LogP contribution >= 0.6 is 0 Å². The van der Waals surface area contributed by atoms with Gasteiger partial charge in [0.25, 0.3) is 0 Å². The van der Waals surface area contributed by atoms with E-state index in [0.717, 1.165) is 69.3 Å². The summed E-state index contributed by atoms with van der Waals surface area (Å²) in [6.45, 7) is 10.6. The molecule has 4 heterocycles. The Balaban J connectivity index is 0.838. The number of benzene rings is 8. The van der Waals surface area contributed by atoms with Crippen LogP contribution in [0.4, 0.5) is 22.7 Å². The van der Waals surface area contributed by atoms with Gasteiger partial charge in [0, 0.05) is 62.4 Å². The molecule has 6 heteroatoms. The van der Waals surface area contributed by atoms with Crippen LogP contribution in [0, 0.1) is 10.8 Å². The van der Waals surface area contributed by atoms with Crippen LogP contribution in [0.25, 0.3) is 55.1 Å². The van der Waals surface area contributed by atoms with Crippen molar-refractivity contribution in [1.82, 2.24) is 14.1 Å². The molecule has 0 unspecified atom stereocenters. The standard InChI is InChI=1S/C64H55N5O/c1-62(2)37-17-38-63(3,4)64(62,44-18-6-5-7-19-44)45-36-39-65-61(40-45)69-57-27-13-10-24-53(57)54-35-34-50(42-60(54)69)70-49-21-16-20-48(41-49)67-43-66(58-28-14-15-29-59(58)67)46-30-32-47(33-31-46)68-55-25-11-8-22-51(55)52-23-9-12-26-56(52)68/h5-16,18-36,39-42H,17,37-38,43H2,1-4H3. The van der Waals surface area contributed by atoms with E-state index in [1.165, 1.54) is 50.4 Å². The number of para-hydroxylation sites is 5. The van der Waals surface area contributed by atoms with Crippen LogP contribution < -0.4 is 14.5 Å². The Morgan fingerprint density at radius 3 is 1.61 bits per heavy atom. The van der Waals surface area contributed by atoms with Crippen molar-refractivity contribution in [2.75, 3.05) is 16.5 Å². The van der Waals surface area contributed by atoms with Gasteiger partial charge in [-0.25, -0.2) is 4.98 Å². The average molecular weight is 910 g/mol. The van der Waals surface area contributed by atoms with Crippen LogP contribution in [0.1, 0.15) is 58.1 Å². The molecular formula is C64H55N5O. The minimum Gasteiger partial charge on any atom is -0.457 e. The molecule has 11 aromatic rings. The maximum absolute atomic E-state index is 6.85. The van der Waals surface area contributed by atoms with E-state index in [1.807, 2.05) is 6.20 Å². The lowest BCUT2D eigenvalue weighted by Gasteiger charge is -2.60. The second-order valence-electron chi connectivity index (χ2n) is 20.6. The summed E-state index contributed by atoms with van der Waals surface area (Å²) in [5.74, 6) is 2.46. The Bertz CT molecular complexity index is 3720. The molecule has 70 heavy (non-hydrogen) atoms. The highest BCUT2D eigenvalue weighted by atomic mass is 16.5. The zero-order chi connectivity index (χ0) is 47.2. The Hall–Kier alpha value is -8.09. The van der Waals surface area contributed by atoms with Gasteiger partial charge in [-0.05, 0) is 126 Å². The maximum Gasteiger partial charge on any atom is 0.137 e. The first-order valence-electron chi connectivity index (χ1n) is 24.8. The molecule has 0 N–H and O–H groups in total. The number of hydrogen-bond donors (Lipinski definition) is 0. The largest absolute Gasteiger partial charge is 0.457 e. The summed E-state index contributed by atoms with van der Waals surface area (Å²) in [5.41, 5.74) is 12.7. The molecule has 0 amide bonds. The van der Waals surface area contributed by atoms with Crippen molar-refractivity contribution in [1.29, 1.82) is 0 Å². The molecule has 6 nitrogen and oxygen atoms in total. The lowest BCUT2D eigenvalue weighted by Crippen LogP contribution is -2.56. The Labute approximate surface area is 409 Å². The molecular weight excluding hydrogens is 855 g/mol. The van der Waals surface area contributed by atoms with Gasteiger partial charge in [-0.3, -0.25) is 4.57 Å². The number of ether oxygens (including phenoxy) is 1. The van der Waals surface area contributed by atoms with Crippen LogP contribution in [0.3, 0.4) is 0 Å². The van der Waals surface area contributed by atoms with Gasteiger partial charge in [-0.2, -0.15) is 0 Å². The number of pyridine rings is 1. The highest BCUT2D eigenvalue weighted by molar-refractivity contribution is 6.10. The predicted molar refractivity (Wildman–Crippen MR) is 290 cm³/mol. The van der Waals surface area contributed by atoms with E-state index in [2.05, 4.69) is 253 Å². The van der Waals surface area contributed by atoms with E-state index in [1.54, 1.807) is 0 Å². The topological polar surface area (TPSA) is 38.5 Å². The van der Waals surface area contributed by atoms with Gasteiger partial charge in [0.05, 0.1) is 33.4 Å². The quantitative estimate of drug-likeness (QED) is 0.152. The summed E-state index contributed by atoms with van der Waals surface area (Å²) >= 11 is 0. The number of fused-ring (bicyclic) bond motifs is 7. The maximum atomic E-state index is 6.85. The third kappa shape index (κ3) is 6.35. The fourth-order valence-corrected chi connectivity index (χ4v) is 13.2. The molecule has 1 fully saturated rings. The number of aromatic nitrogens is 3. The van der Waals surface area contributed by atoms with Crippen LogP contribution in [-0.2, 0) is 5.41 Å². The van der Waals surface area contributed by atoms with Gasteiger partial charge in [0.2, 0.25) is 0 Å². The van der Waals surface area contributed by atoms with Crippen molar-refractivity contribution in [3.05, 3.63) is 224 Å². The highest BCUT2D eigenvalue weighted by Crippen LogP contribution is 2.64. The average Bonchev–Trinajstić information content (AvgIpc) is 4.05. The summed E-state index contributed by atoms with van der Waals surface area (Å²) in [6, 6.07) is 74.6. The van der Waals surface area contributed by atoms with Crippen molar-refractivity contribution in [2.45, 2.75) is 52.4 Å². The van der Waals surface area contributed by atoms with Gasteiger partial charge < -0.3 is 19.1 Å². The van der Waals surface area contributed by atoms with E-state index in [9.17, 15) is 0 Å². The zero-order valence-electron chi connectivity index (χ0n) is 40.2. The summed E-state index contributed by atoms with van der Waals surface area (Å²) in [6.07, 6.45) is 5.56. The van der Waals surface area contributed by atoms with Crippen LogP contribution in [-0.4, -0.2) is 20.8 Å². The van der Waals surface area contributed by atoms with Crippen molar-refractivity contribution in [2.24, 2.45) is 10.8 Å². The van der Waals surface area contributed by atoms with E-state index >= 15 is 0 Å². The lowest BCUT2D eigenvalue weighted by molar-refractivity contribution is 0.00547. The molecule has 8 aromatic carbocycles. The molecule has 0 bridgehead atoms. The molecule has 2 aliphatic rings. The summed E-state index contributed by atoms with van der Waals surface area (Å²) in [7, 11) is 0. The summed E-state index contributed by atoms with van der Waals surface area (Å²) in [4.78, 5) is 9.93. The molecule has 13 rings (SSSR count). The normalized spacial score (nSPS) is 16.1. The molecule has 3 aromatic heterocycles. The van der Waals surface area contributed by atoms with Crippen LogP contribution in [0.15, 0.2) is 212 Å². The predicted octanol–water partition coefficient (Wildman–Crippen LogP) is 16.8. The number of nitrogens with zero attached hydrogens (tertiary/aromatic N) is 5. The third-order valence-corrected chi connectivity index (χ3v) is 16.0. The second kappa shape index (κ2) is 16.0. The molecule has 0 radical (unpaired) electrons. The first kappa shape index (κ1) is 42.0. The SMILES string of the molecule is CC1(C)CCCC(C)(C)C1(c1ccccc1)c1ccnc(-n2c3ccccc3c3ccc(Oc4cccc(N5CN(c6ccc(-n7c8ccccc8c8ccccc87)cc6)c6ccccc65)c4)cc32)c1. The third-order valence-electron chi connectivity index (χ3n) is 16.0. The minimum absolute atomic E-state index is 0.00134. The van der Waals surface area contributed by atoms with Crippen molar-refractivity contribution in [3.63, 3.8) is 0 Å². The van der Waals surface area contributed by atoms with E-state index in [4.69, 9.17) is 9.72 Å². The van der Waals surface area contributed by atoms with Crippen molar-refractivity contribution in [3.8, 4) is 23.0 Å². The number of hydrogen-bond acceptors (Lipinski definition) is 4. The molecule has 0 saturated heterocycles. The first-order chi connectivity index (χ1) is 34.2. The van der Waals surface area contributed by atoms with Crippen molar-refractivity contribution < 1.29 is 4.74 Å². The fourth-order valence-electron chi connectivity index (χ4n) is 13.2. The molecule has 342 valence electrons. The van der Waals surface area contributed by atoms with Gasteiger partial charge in [-0.15, -0.1) is 0 Å². The Morgan fingerprint density at radius 1 is 0.414 bits per heavy atom. The van der Waals surface area contributed by atoms with E-state index < -0.39 is 0 Å². The summed E-state index contributed by atoms with van der Waals surface area (Å²) < 4.78 is 11.6. The minimum atomic E-state index is -0.235. The summed E-state index contributed by atoms with van der Waals surface area (Å²) in [5, 5.41) is 4.88. The lowest BCUT2D eigenvalue weighted by atomic mass is 9.43. The van der Waals surface area contributed by atoms with Gasteiger partial charge in [0.1, 0.15) is 24.0 Å².